The van der Waals surface area contributed by atoms with Gasteiger partial charge in [0.05, 0.1) is 30.2 Å². The minimum atomic E-state index is -0.626. The molecule has 6 rings (SSSR count). The maximum atomic E-state index is 12.7. The predicted octanol–water partition coefficient (Wildman–Crippen LogP) is 7.76. The van der Waals surface area contributed by atoms with Crippen LogP contribution < -0.4 is 16.4 Å². The summed E-state index contributed by atoms with van der Waals surface area (Å²) < 4.78 is 13.3. The summed E-state index contributed by atoms with van der Waals surface area (Å²) in [6.07, 6.45) is 0.495. The molecule has 52 heavy (non-hydrogen) atoms. The van der Waals surface area contributed by atoms with Gasteiger partial charge in [-0.05, 0) is 52.9 Å². The lowest BCUT2D eigenvalue weighted by Crippen LogP contribution is -2.39. The van der Waals surface area contributed by atoms with Crippen LogP contribution in [0.1, 0.15) is 65.9 Å². The number of rotatable bonds is 15. The lowest BCUT2D eigenvalue weighted by Gasteiger charge is -2.38. The summed E-state index contributed by atoms with van der Waals surface area (Å²) in [5.41, 5.74) is 12.8. The molecule has 5 N–H and O–H groups in total. The SMILES string of the molecule is Nc1ccccc1NC(=O)CCCC(=O)Nc1ccc(C2OC(CN(Cc3ccccc3)Cc3ccccc3)CC(c3ccc(CO)cc3)O2)cc1. The standard InChI is InChI=1S/C43H46N4O5/c44-38-14-7-8-15-39(38)46-42(50)17-9-16-41(49)45-36-24-22-35(23-25-36)43-51-37(26-40(52-43)34-20-18-33(30-48)19-21-34)29-47(27-31-10-3-1-4-11-31)28-32-12-5-2-6-13-32/h1-8,10-15,18-25,37,40,43,48H,9,16-17,26-30,44H2,(H,45,49)(H,46,50). The first kappa shape index (κ1) is 36.5. The molecule has 1 saturated heterocycles. The van der Waals surface area contributed by atoms with Gasteiger partial charge in [0.1, 0.15) is 0 Å². The van der Waals surface area contributed by atoms with E-state index in [1.165, 1.54) is 11.1 Å². The monoisotopic (exact) mass is 698 g/mol. The van der Waals surface area contributed by atoms with Crippen LogP contribution in [0, 0.1) is 0 Å². The Morgan fingerprint density at radius 1 is 0.673 bits per heavy atom. The maximum Gasteiger partial charge on any atom is 0.224 e. The van der Waals surface area contributed by atoms with Gasteiger partial charge in [0.2, 0.25) is 11.8 Å². The molecule has 9 nitrogen and oxygen atoms in total. The summed E-state index contributed by atoms with van der Waals surface area (Å²) in [5, 5.41) is 15.3. The highest BCUT2D eigenvalue weighted by Gasteiger charge is 2.33. The van der Waals surface area contributed by atoms with Crippen molar-refractivity contribution < 1.29 is 24.2 Å². The molecule has 0 saturated carbocycles. The van der Waals surface area contributed by atoms with Crippen molar-refractivity contribution in [1.29, 1.82) is 0 Å². The van der Waals surface area contributed by atoms with E-state index in [9.17, 15) is 14.7 Å². The average molecular weight is 699 g/mol. The first-order valence-electron chi connectivity index (χ1n) is 17.8. The second-order valence-corrected chi connectivity index (χ2v) is 13.2. The molecule has 0 radical (unpaired) electrons. The number of para-hydroxylation sites is 2. The molecular formula is C43H46N4O5. The van der Waals surface area contributed by atoms with E-state index in [-0.39, 0.29) is 43.5 Å². The third kappa shape index (κ3) is 10.6. The van der Waals surface area contributed by atoms with E-state index in [2.05, 4.69) is 64.1 Å². The molecule has 1 heterocycles. The summed E-state index contributed by atoms with van der Waals surface area (Å²) >= 11 is 0. The highest BCUT2D eigenvalue weighted by Crippen LogP contribution is 2.38. The summed E-state index contributed by atoms with van der Waals surface area (Å²) in [5.74, 6) is -0.361. The molecule has 3 atom stereocenters. The molecule has 3 unspecified atom stereocenters. The summed E-state index contributed by atoms with van der Waals surface area (Å²) in [6.45, 7) is 2.23. The van der Waals surface area contributed by atoms with Gasteiger partial charge in [-0.2, -0.15) is 0 Å². The Hall–Kier alpha value is -5.32. The van der Waals surface area contributed by atoms with Crippen molar-refractivity contribution >= 4 is 28.9 Å². The molecule has 0 bridgehead atoms. The Morgan fingerprint density at radius 3 is 1.87 bits per heavy atom. The number of hydrogen-bond donors (Lipinski definition) is 4. The summed E-state index contributed by atoms with van der Waals surface area (Å²) in [7, 11) is 0. The highest BCUT2D eigenvalue weighted by atomic mass is 16.7. The molecule has 0 spiro atoms. The topological polar surface area (TPSA) is 126 Å². The van der Waals surface area contributed by atoms with Crippen LogP contribution in [0.25, 0.3) is 0 Å². The smallest absolute Gasteiger partial charge is 0.224 e. The van der Waals surface area contributed by atoms with E-state index in [0.29, 0.717) is 36.4 Å². The largest absolute Gasteiger partial charge is 0.397 e. The first-order valence-corrected chi connectivity index (χ1v) is 17.8. The Morgan fingerprint density at radius 2 is 1.25 bits per heavy atom. The third-order valence-electron chi connectivity index (χ3n) is 9.08. The van der Waals surface area contributed by atoms with Crippen LogP contribution in [0.2, 0.25) is 0 Å². The molecule has 1 aliphatic rings. The van der Waals surface area contributed by atoms with Crippen LogP contribution in [0.15, 0.2) is 133 Å². The number of nitrogen functional groups attached to an aromatic ring is 1. The summed E-state index contributed by atoms with van der Waals surface area (Å²) in [4.78, 5) is 27.5. The Bertz CT molecular complexity index is 1830. The van der Waals surface area contributed by atoms with E-state index >= 15 is 0 Å². The fraction of sp³-hybridized carbons (Fsp3) is 0.256. The number of carbonyl (C=O) groups excluding carboxylic acids is 2. The Labute approximate surface area is 305 Å². The van der Waals surface area contributed by atoms with Crippen molar-refractivity contribution in [2.24, 2.45) is 0 Å². The van der Waals surface area contributed by atoms with Crippen LogP contribution in [-0.2, 0) is 38.8 Å². The van der Waals surface area contributed by atoms with Crippen molar-refractivity contribution in [2.75, 3.05) is 22.9 Å². The number of aliphatic hydroxyl groups is 1. The second-order valence-electron chi connectivity index (χ2n) is 13.2. The van der Waals surface area contributed by atoms with Gasteiger partial charge < -0.3 is 30.9 Å². The van der Waals surface area contributed by atoms with Gasteiger partial charge >= 0.3 is 0 Å². The quantitative estimate of drug-likeness (QED) is 0.0824. The number of hydrogen-bond acceptors (Lipinski definition) is 7. The van der Waals surface area contributed by atoms with E-state index in [0.717, 1.165) is 29.8 Å². The van der Waals surface area contributed by atoms with Crippen LogP contribution >= 0.6 is 0 Å². The van der Waals surface area contributed by atoms with Crippen molar-refractivity contribution in [3.63, 3.8) is 0 Å². The van der Waals surface area contributed by atoms with E-state index in [1.807, 2.05) is 60.7 Å². The van der Waals surface area contributed by atoms with Crippen molar-refractivity contribution in [3.8, 4) is 0 Å². The zero-order valence-electron chi connectivity index (χ0n) is 29.2. The number of carbonyl (C=O) groups is 2. The van der Waals surface area contributed by atoms with Gasteiger partial charge in [-0.15, -0.1) is 0 Å². The first-order chi connectivity index (χ1) is 25.4. The minimum absolute atomic E-state index is 0.0177. The van der Waals surface area contributed by atoms with Crippen LogP contribution in [0.4, 0.5) is 17.1 Å². The zero-order chi connectivity index (χ0) is 36.1. The van der Waals surface area contributed by atoms with Gasteiger partial charge in [0.15, 0.2) is 6.29 Å². The maximum absolute atomic E-state index is 12.7. The molecule has 5 aromatic rings. The Kier molecular flexibility index (Phi) is 12.8. The van der Waals surface area contributed by atoms with Gasteiger partial charge in [0, 0.05) is 50.1 Å². The highest BCUT2D eigenvalue weighted by molar-refractivity contribution is 5.94. The number of nitrogens with one attached hydrogen (secondary N) is 2. The van der Waals surface area contributed by atoms with Crippen LogP contribution in [-0.4, -0.2) is 34.5 Å². The number of amides is 2. The molecule has 1 fully saturated rings. The van der Waals surface area contributed by atoms with Gasteiger partial charge in [0.25, 0.3) is 0 Å². The van der Waals surface area contributed by atoms with Gasteiger partial charge in [-0.3, -0.25) is 14.5 Å². The van der Waals surface area contributed by atoms with Crippen molar-refractivity contribution in [2.45, 2.75) is 63.9 Å². The number of aliphatic hydroxyl groups excluding tert-OH is 1. The fourth-order valence-electron chi connectivity index (χ4n) is 6.37. The number of benzene rings is 5. The lowest BCUT2D eigenvalue weighted by molar-refractivity contribution is -0.253. The van der Waals surface area contributed by atoms with Crippen LogP contribution in [0.3, 0.4) is 0 Å². The van der Waals surface area contributed by atoms with E-state index in [4.69, 9.17) is 15.2 Å². The molecule has 9 heteroatoms. The number of nitrogens with zero attached hydrogens (tertiary/aromatic N) is 1. The number of anilines is 3. The molecular weight excluding hydrogens is 652 g/mol. The molecule has 0 aromatic heterocycles. The van der Waals surface area contributed by atoms with Crippen molar-refractivity contribution in [1.82, 2.24) is 4.90 Å². The van der Waals surface area contributed by atoms with Crippen molar-refractivity contribution in [3.05, 3.63) is 161 Å². The van der Waals surface area contributed by atoms with E-state index < -0.39 is 6.29 Å². The Balaban J connectivity index is 1.11. The average Bonchev–Trinajstić information content (AvgIpc) is 3.17. The number of nitrogens with two attached hydrogens (primary N) is 1. The molecule has 1 aliphatic heterocycles. The van der Waals surface area contributed by atoms with Crippen LogP contribution in [0.5, 0.6) is 0 Å². The lowest BCUT2D eigenvalue weighted by atomic mass is 9.99. The van der Waals surface area contributed by atoms with Gasteiger partial charge in [-0.25, -0.2) is 0 Å². The number of ether oxygens (including phenoxy) is 2. The summed E-state index contributed by atoms with van der Waals surface area (Å²) in [6, 6.07) is 43.4. The zero-order valence-corrected chi connectivity index (χ0v) is 29.2. The normalized spacial score (nSPS) is 17.1. The molecule has 268 valence electrons. The molecule has 2 amide bonds. The second kappa shape index (κ2) is 18.3. The predicted molar refractivity (Wildman–Crippen MR) is 204 cm³/mol. The fourth-order valence-corrected chi connectivity index (χ4v) is 6.37. The molecule has 0 aliphatic carbocycles. The van der Waals surface area contributed by atoms with E-state index in [1.54, 1.807) is 24.3 Å². The molecule has 5 aromatic carbocycles. The third-order valence-corrected chi connectivity index (χ3v) is 9.08. The minimum Gasteiger partial charge on any atom is -0.397 e. The van der Waals surface area contributed by atoms with Gasteiger partial charge in [-0.1, -0.05) is 109 Å².